The number of piperidine rings is 1. The van der Waals surface area contributed by atoms with Crippen molar-refractivity contribution in [2.45, 2.75) is 38.1 Å². The van der Waals surface area contributed by atoms with Crippen LogP contribution in [0.3, 0.4) is 0 Å². The van der Waals surface area contributed by atoms with Gasteiger partial charge in [-0.1, -0.05) is 35.9 Å². The van der Waals surface area contributed by atoms with E-state index in [-0.39, 0.29) is 36.4 Å². The van der Waals surface area contributed by atoms with E-state index >= 15 is 0 Å². The van der Waals surface area contributed by atoms with Crippen molar-refractivity contribution in [3.8, 4) is 0 Å². The summed E-state index contributed by atoms with van der Waals surface area (Å²) in [5, 5.41) is 7.72. The number of carbonyl (C=O) groups is 1. The summed E-state index contributed by atoms with van der Waals surface area (Å²) in [5.74, 6) is -0.903. The van der Waals surface area contributed by atoms with Gasteiger partial charge in [-0.15, -0.1) is 0 Å². The van der Waals surface area contributed by atoms with Crippen molar-refractivity contribution < 1.29 is 17.6 Å². The third-order valence-electron chi connectivity index (χ3n) is 6.20. The number of amides is 1. The SMILES string of the molecule is Cc1nn(Cc2c(F)cccc2Cl)c(C)c1NC(=O)C1CCN(S(=O)(=O)c2ccccc2)CC1. The number of nitrogens with one attached hydrogen (secondary N) is 1. The molecule has 0 bridgehead atoms. The zero-order valence-corrected chi connectivity index (χ0v) is 20.5. The van der Waals surface area contributed by atoms with Crippen LogP contribution in [0.4, 0.5) is 10.1 Å². The first kappa shape index (κ1) is 24.4. The standard InChI is InChI=1S/C24H26ClFN4O3S/c1-16-23(17(2)30(28-16)15-20-21(25)9-6-10-22(20)26)27-24(31)18-11-13-29(14-12-18)34(32,33)19-7-4-3-5-8-19/h3-10,18H,11-15H2,1-2H3,(H,27,31). The second-order valence-corrected chi connectivity index (χ2v) is 10.7. The fourth-order valence-corrected chi connectivity index (χ4v) is 5.90. The van der Waals surface area contributed by atoms with Crippen molar-refractivity contribution in [3.63, 3.8) is 0 Å². The fraction of sp³-hybridized carbons (Fsp3) is 0.333. The zero-order valence-electron chi connectivity index (χ0n) is 19.0. The number of rotatable bonds is 6. The Morgan fingerprint density at radius 2 is 1.79 bits per heavy atom. The van der Waals surface area contributed by atoms with Gasteiger partial charge in [-0.3, -0.25) is 9.48 Å². The molecule has 0 radical (unpaired) electrons. The molecule has 1 fully saturated rings. The molecule has 180 valence electrons. The number of aromatic nitrogens is 2. The van der Waals surface area contributed by atoms with E-state index < -0.39 is 15.8 Å². The van der Waals surface area contributed by atoms with E-state index in [9.17, 15) is 17.6 Å². The largest absolute Gasteiger partial charge is 0.323 e. The van der Waals surface area contributed by atoms with Crippen LogP contribution in [0.5, 0.6) is 0 Å². The normalized spacial score (nSPS) is 15.4. The Balaban J connectivity index is 1.42. The topological polar surface area (TPSA) is 84.3 Å². The number of hydrogen-bond acceptors (Lipinski definition) is 4. The molecule has 0 spiro atoms. The molecule has 7 nitrogen and oxygen atoms in total. The number of anilines is 1. The van der Waals surface area contributed by atoms with Crippen LogP contribution in [-0.4, -0.2) is 41.5 Å². The van der Waals surface area contributed by atoms with Gasteiger partial charge in [-0.25, -0.2) is 12.8 Å². The first-order chi connectivity index (χ1) is 16.2. The predicted molar refractivity (Wildman–Crippen MR) is 129 cm³/mol. The van der Waals surface area contributed by atoms with E-state index in [2.05, 4.69) is 10.4 Å². The molecule has 10 heteroatoms. The minimum atomic E-state index is -3.57. The Morgan fingerprint density at radius 1 is 1.12 bits per heavy atom. The third-order valence-corrected chi connectivity index (χ3v) is 8.47. The van der Waals surface area contributed by atoms with Gasteiger partial charge in [0.05, 0.1) is 28.5 Å². The average molecular weight is 505 g/mol. The van der Waals surface area contributed by atoms with Gasteiger partial charge >= 0.3 is 0 Å². The smallest absolute Gasteiger partial charge is 0.243 e. The Kier molecular flexibility index (Phi) is 7.06. The summed E-state index contributed by atoms with van der Waals surface area (Å²) < 4.78 is 42.9. The van der Waals surface area contributed by atoms with Crippen molar-refractivity contribution in [1.82, 2.24) is 14.1 Å². The highest BCUT2D eigenvalue weighted by Gasteiger charge is 2.32. The number of benzene rings is 2. The highest BCUT2D eigenvalue weighted by molar-refractivity contribution is 7.89. The summed E-state index contributed by atoms with van der Waals surface area (Å²) >= 11 is 6.15. The molecule has 1 N–H and O–H groups in total. The van der Waals surface area contributed by atoms with Crippen molar-refractivity contribution in [2.75, 3.05) is 18.4 Å². The molecule has 2 aromatic carbocycles. The molecule has 0 unspecified atom stereocenters. The summed E-state index contributed by atoms with van der Waals surface area (Å²) in [4.78, 5) is 13.2. The highest BCUT2D eigenvalue weighted by atomic mass is 35.5. The Labute approximate surface area is 203 Å². The summed E-state index contributed by atoms with van der Waals surface area (Å²) in [7, 11) is -3.57. The molecule has 1 amide bonds. The number of carbonyl (C=O) groups excluding carboxylic acids is 1. The Bertz CT molecular complexity index is 1280. The molecule has 1 aliphatic heterocycles. The van der Waals surface area contributed by atoms with Crippen LogP contribution >= 0.6 is 11.6 Å². The van der Waals surface area contributed by atoms with Gasteiger partial charge < -0.3 is 5.32 Å². The summed E-state index contributed by atoms with van der Waals surface area (Å²) in [6.07, 6.45) is 0.851. The predicted octanol–water partition coefficient (Wildman–Crippen LogP) is 4.38. The van der Waals surface area contributed by atoms with Crippen LogP contribution in [0.2, 0.25) is 5.02 Å². The van der Waals surface area contributed by atoms with Gasteiger partial charge in [0.2, 0.25) is 15.9 Å². The van der Waals surface area contributed by atoms with Gasteiger partial charge in [0, 0.05) is 29.6 Å². The Morgan fingerprint density at radius 3 is 2.44 bits per heavy atom. The fourth-order valence-electron chi connectivity index (χ4n) is 4.19. The van der Waals surface area contributed by atoms with Crippen molar-refractivity contribution in [2.24, 2.45) is 5.92 Å². The molecular formula is C24H26ClFN4O3S. The lowest BCUT2D eigenvalue weighted by Crippen LogP contribution is -2.41. The number of halogens is 2. The lowest BCUT2D eigenvalue weighted by Gasteiger charge is -2.30. The third kappa shape index (κ3) is 4.87. The summed E-state index contributed by atoms with van der Waals surface area (Å²) in [6, 6.07) is 12.8. The number of hydrogen-bond donors (Lipinski definition) is 1. The molecule has 0 atom stereocenters. The second kappa shape index (κ2) is 9.85. The maximum absolute atomic E-state index is 14.2. The summed E-state index contributed by atoms with van der Waals surface area (Å²) in [5.41, 5.74) is 2.22. The molecular weight excluding hydrogens is 479 g/mol. The van der Waals surface area contributed by atoms with Crippen LogP contribution in [0, 0.1) is 25.6 Å². The van der Waals surface area contributed by atoms with Crippen LogP contribution in [0.1, 0.15) is 29.8 Å². The monoisotopic (exact) mass is 504 g/mol. The molecule has 0 saturated carbocycles. The maximum Gasteiger partial charge on any atom is 0.243 e. The van der Waals surface area contributed by atoms with E-state index in [4.69, 9.17) is 11.6 Å². The van der Waals surface area contributed by atoms with E-state index in [1.165, 1.54) is 10.4 Å². The molecule has 2 heterocycles. The quantitative estimate of drug-likeness (QED) is 0.540. The molecule has 0 aliphatic carbocycles. The molecule has 1 aromatic heterocycles. The lowest BCUT2D eigenvalue weighted by molar-refractivity contribution is -0.120. The van der Waals surface area contributed by atoms with Crippen molar-refractivity contribution in [3.05, 3.63) is 76.3 Å². The van der Waals surface area contributed by atoms with Gasteiger partial charge in [-0.05, 0) is 51.0 Å². The molecule has 1 aliphatic rings. The first-order valence-corrected chi connectivity index (χ1v) is 12.8. The van der Waals surface area contributed by atoms with Crippen molar-refractivity contribution in [1.29, 1.82) is 0 Å². The maximum atomic E-state index is 14.2. The lowest BCUT2D eigenvalue weighted by atomic mass is 9.97. The van der Waals surface area contributed by atoms with E-state index in [1.54, 1.807) is 61.0 Å². The minimum absolute atomic E-state index is 0.143. The number of sulfonamides is 1. The molecule has 3 aromatic rings. The van der Waals surface area contributed by atoms with Gasteiger partial charge in [0.15, 0.2) is 0 Å². The summed E-state index contributed by atoms with van der Waals surface area (Å²) in [6.45, 7) is 4.27. The average Bonchev–Trinajstić information content (AvgIpc) is 3.09. The van der Waals surface area contributed by atoms with Crippen LogP contribution in [0.15, 0.2) is 53.4 Å². The van der Waals surface area contributed by atoms with Crippen LogP contribution in [-0.2, 0) is 21.4 Å². The van der Waals surface area contributed by atoms with E-state index in [1.807, 2.05) is 0 Å². The minimum Gasteiger partial charge on any atom is -0.323 e. The molecule has 4 rings (SSSR count). The molecule has 1 saturated heterocycles. The second-order valence-electron chi connectivity index (χ2n) is 8.38. The van der Waals surface area contributed by atoms with Gasteiger partial charge in [0.1, 0.15) is 5.82 Å². The Hall–Kier alpha value is -2.75. The van der Waals surface area contributed by atoms with Gasteiger partial charge in [0.25, 0.3) is 0 Å². The highest BCUT2D eigenvalue weighted by Crippen LogP contribution is 2.28. The van der Waals surface area contributed by atoms with Gasteiger partial charge in [-0.2, -0.15) is 9.40 Å². The zero-order chi connectivity index (χ0) is 24.5. The van der Waals surface area contributed by atoms with Crippen LogP contribution < -0.4 is 5.32 Å². The number of nitrogens with zero attached hydrogens (tertiary/aromatic N) is 3. The van der Waals surface area contributed by atoms with Crippen molar-refractivity contribution >= 4 is 33.2 Å². The number of aryl methyl sites for hydroxylation is 1. The van der Waals surface area contributed by atoms with Crippen LogP contribution in [0.25, 0.3) is 0 Å². The molecule has 34 heavy (non-hydrogen) atoms. The van der Waals surface area contributed by atoms with E-state index in [0.717, 1.165) is 0 Å². The van der Waals surface area contributed by atoms with E-state index in [0.29, 0.717) is 40.5 Å². The first-order valence-electron chi connectivity index (χ1n) is 11.0.